The number of anilines is 1. The Hall–Kier alpha value is -0.800. The molecule has 1 saturated heterocycles. The van der Waals surface area contributed by atoms with Gasteiger partial charge in [-0.05, 0) is 6.92 Å². The van der Waals surface area contributed by atoms with Gasteiger partial charge in [-0.25, -0.2) is 0 Å². The Morgan fingerprint density at radius 1 is 1.59 bits per heavy atom. The molecule has 1 N–H and O–H groups in total. The van der Waals surface area contributed by atoms with E-state index < -0.39 is 0 Å². The van der Waals surface area contributed by atoms with E-state index in [2.05, 4.69) is 16.5 Å². The summed E-state index contributed by atoms with van der Waals surface area (Å²) in [7, 11) is 1.87. The van der Waals surface area contributed by atoms with Crippen LogP contribution in [0.4, 0.5) is 5.82 Å². The molecule has 1 fully saturated rings. The molecule has 1 atom stereocenters. The summed E-state index contributed by atoms with van der Waals surface area (Å²) in [5.74, 6) is 4.53. The number of nitrogens with one attached hydrogen (secondary N) is 1. The zero-order valence-corrected chi connectivity index (χ0v) is 11.7. The van der Waals surface area contributed by atoms with Gasteiger partial charge in [0.15, 0.2) is 0 Å². The van der Waals surface area contributed by atoms with Crippen LogP contribution in [0, 0.1) is 18.3 Å². The SMILES string of the molecule is Cc1nn(C)c(NCC2CSCCS2)c1C#N. The number of hydrogen-bond donors (Lipinski definition) is 1. The van der Waals surface area contributed by atoms with Gasteiger partial charge >= 0.3 is 0 Å². The van der Waals surface area contributed by atoms with E-state index in [0.29, 0.717) is 10.8 Å². The van der Waals surface area contributed by atoms with Crippen LogP contribution in [0.15, 0.2) is 0 Å². The average molecular weight is 268 g/mol. The van der Waals surface area contributed by atoms with Crippen molar-refractivity contribution < 1.29 is 0 Å². The highest BCUT2D eigenvalue weighted by Gasteiger charge is 2.17. The van der Waals surface area contributed by atoms with Gasteiger partial charge in [0.05, 0.1) is 5.69 Å². The summed E-state index contributed by atoms with van der Waals surface area (Å²) in [5, 5.41) is 17.4. The first-order valence-corrected chi connectivity index (χ1v) is 7.79. The summed E-state index contributed by atoms with van der Waals surface area (Å²) in [5.41, 5.74) is 1.46. The summed E-state index contributed by atoms with van der Waals surface area (Å²) < 4.78 is 1.76. The number of thioether (sulfide) groups is 2. The van der Waals surface area contributed by atoms with Crippen molar-refractivity contribution in [2.24, 2.45) is 7.05 Å². The van der Waals surface area contributed by atoms with Crippen molar-refractivity contribution in [3.05, 3.63) is 11.3 Å². The predicted molar refractivity (Wildman–Crippen MR) is 74.7 cm³/mol. The lowest BCUT2D eigenvalue weighted by Gasteiger charge is -2.21. The molecule has 6 heteroatoms. The molecule has 92 valence electrons. The minimum absolute atomic E-state index is 0.635. The normalized spacial score (nSPS) is 19.9. The van der Waals surface area contributed by atoms with Gasteiger partial charge in [-0.2, -0.15) is 33.9 Å². The predicted octanol–water partition coefficient (Wildman–Crippen LogP) is 1.86. The molecule has 0 aliphatic carbocycles. The molecule has 1 unspecified atom stereocenters. The van der Waals surface area contributed by atoms with Crippen LogP contribution in [-0.2, 0) is 7.05 Å². The fraction of sp³-hybridized carbons (Fsp3) is 0.636. The zero-order valence-electron chi connectivity index (χ0n) is 10.1. The lowest BCUT2D eigenvalue weighted by molar-refractivity contribution is 0.757. The van der Waals surface area contributed by atoms with Gasteiger partial charge in [-0.15, -0.1) is 0 Å². The molecule has 1 aromatic heterocycles. The second kappa shape index (κ2) is 5.69. The third kappa shape index (κ3) is 2.90. The molecular weight excluding hydrogens is 252 g/mol. The Labute approximate surface area is 110 Å². The summed E-state index contributed by atoms with van der Waals surface area (Å²) in [6, 6.07) is 2.21. The van der Waals surface area contributed by atoms with E-state index in [0.717, 1.165) is 18.1 Å². The quantitative estimate of drug-likeness (QED) is 0.907. The highest BCUT2D eigenvalue weighted by atomic mass is 32.2. The van der Waals surface area contributed by atoms with Crippen LogP contribution in [-0.4, -0.2) is 38.8 Å². The van der Waals surface area contributed by atoms with Crippen LogP contribution in [0.25, 0.3) is 0 Å². The highest BCUT2D eigenvalue weighted by Crippen LogP contribution is 2.25. The van der Waals surface area contributed by atoms with Gasteiger partial charge in [-0.3, -0.25) is 4.68 Å². The van der Waals surface area contributed by atoms with Gasteiger partial charge in [0.2, 0.25) is 0 Å². The number of aromatic nitrogens is 2. The fourth-order valence-corrected chi connectivity index (χ4v) is 4.47. The number of nitriles is 1. The maximum Gasteiger partial charge on any atom is 0.142 e. The first-order valence-electron chi connectivity index (χ1n) is 5.59. The molecule has 0 aromatic carbocycles. The van der Waals surface area contributed by atoms with E-state index in [9.17, 15) is 0 Å². The molecule has 4 nitrogen and oxygen atoms in total. The van der Waals surface area contributed by atoms with Crippen molar-refractivity contribution in [3.8, 4) is 6.07 Å². The standard InChI is InChI=1S/C11H16N4S2/c1-8-10(5-12)11(15(2)14-8)13-6-9-7-16-3-4-17-9/h9,13H,3-4,6-7H2,1-2H3. The molecule has 0 saturated carbocycles. The Morgan fingerprint density at radius 2 is 2.41 bits per heavy atom. The number of aryl methyl sites for hydroxylation is 2. The summed E-state index contributed by atoms with van der Waals surface area (Å²) in [6.07, 6.45) is 0. The average Bonchev–Trinajstić information content (AvgIpc) is 2.62. The summed E-state index contributed by atoms with van der Waals surface area (Å²) in [4.78, 5) is 0. The molecule has 1 aliphatic heterocycles. The van der Waals surface area contributed by atoms with Crippen LogP contribution < -0.4 is 5.32 Å². The molecule has 2 rings (SSSR count). The summed E-state index contributed by atoms with van der Waals surface area (Å²) >= 11 is 4.02. The Morgan fingerprint density at radius 3 is 3.06 bits per heavy atom. The highest BCUT2D eigenvalue weighted by molar-refractivity contribution is 8.06. The van der Waals surface area contributed by atoms with Gasteiger partial charge < -0.3 is 5.32 Å². The molecular formula is C11H16N4S2. The Kier molecular flexibility index (Phi) is 4.24. The van der Waals surface area contributed by atoms with Crippen molar-refractivity contribution in [1.82, 2.24) is 9.78 Å². The number of rotatable bonds is 3. The minimum Gasteiger partial charge on any atom is -0.368 e. The maximum atomic E-state index is 9.10. The fourth-order valence-electron chi connectivity index (χ4n) is 1.86. The molecule has 1 aromatic rings. The van der Waals surface area contributed by atoms with E-state index in [1.54, 1.807) is 4.68 Å². The van der Waals surface area contributed by atoms with Gasteiger partial charge in [0.25, 0.3) is 0 Å². The molecule has 17 heavy (non-hydrogen) atoms. The monoisotopic (exact) mass is 268 g/mol. The lowest BCUT2D eigenvalue weighted by Crippen LogP contribution is -2.24. The maximum absolute atomic E-state index is 9.10. The second-order valence-corrected chi connectivity index (χ2v) is 6.55. The van der Waals surface area contributed by atoms with Crippen LogP contribution in [0.1, 0.15) is 11.3 Å². The molecule has 0 spiro atoms. The van der Waals surface area contributed by atoms with Gasteiger partial charge in [0, 0.05) is 36.1 Å². The van der Waals surface area contributed by atoms with Crippen molar-refractivity contribution in [2.45, 2.75) is 12.2 Å². The molecule has 1 aliphatic rings. The zero-order chi connectivity index (χ0) is 12.3. The van der Waals surface area contributed by atoms with Crippen molar-refractivity contribution in [3.63, 3.8) is 0 Å². The smallest absolute Gasteiger partial charge is 0.142 e. The topological polar surface area (TPSA) is 53.6 Å². The number of nitrogens with zero attached hydrogens (tertiary/aromatic N) is 3. The molecule has 0 bridgehead atoms. The van der Waals surface area contributed by atoms with E-state index >= 15 is 0 Å². The Balaban J connectivity index is 2.01. The summed E-state index contributed by atoms with van der Waals surface area (Å²) in [6.45, 7) is 2.78. The molecule has 0 radical (unpaired) electrons. The Bertz CT molecular complexity index is 429. The minimum atomic E-state index is 0.635. The van der Waals surface area contributed by atoms with Crippen molar-refractivity contribution in [1.29, 1.82) is 5.26 Å². The van der Waals surface area contributed by atoms with E-state index in [-0.39, 0.29) is 0 Å². The largest absolute Gasteiger partial charge is 0.368 e. The third-order valence-corrected chi connectivity index (χ3v) is 5.56. The second-order valence-electron chi connectivity index (χ2n) is 3.99. The van der Waals surface area contributed by atoms with E-state index in [1.165, 1.54) is 17.3 Å². The van der Waals surface area contributed by atoms with Crippen molar-refractivity contribution >= 4 is 29.3 Å². The molecule has 0 amide bonds. The number of hydrogen-bond acceptors (Lipinski definition) is 5. The van der Waals surface area contributed by atoms with E-state index in [1.807, 2.05) is 37.5 Å². The van der Waals surface area contributed by atoms with Crippen LogP contribution in [0.2, 0.25) is 0 Å². The first kappa shape index (κ1) is 12.7. The van der Waals surface area contributed by atoms with Crippen LogP contribution in [0.5, 0.6) is 0 Å². The van der Waals surface area contributed by atoms with Gasteiger partial charge in [-0.1, -0.05) is 0 Å². The van der Waals surface area contributed by atoms with Crippen molar-refractivity contribution in [2.75, 3.05) is 29.1 Å². The van der Waals surface area contributed by atoms with E-state index in [4.69, 9.17) is 5.26 Å². The van der Waals surface area contributed by atoms with Crippen LogP contribution in [0.3, 0.4) is 0 Å². The lowest BCUT2D eigenvalue weighted by atomic mass is 10.2. The third-order valence-electron chi connectivity index (χ3n) is 2.72. The first-order chi connectivity index (χ1) is 8.22. The van der Waals surface area contributed by atoms with Crippen LogP contribution >= 0.6 is 23.5 Å². The van der Waals surface area contributed by atoms with Gasteiger partial charge in [0.1, 0.15) is 17.5 Å². The molecule has 2 heterocycles.